The van der Waals surface area contributed by atoms with E-state index in [0.717, 1.165) is 22.6 Å². The highest BCUT2D eigenvalue weighted by molar-refractivity contribution is 5.55. The van der Waals surface area contributed by atoms with Gasteiger partial charge in [-0.15, -0.1) is 10.2 Å². The second kappa shape index (κ2) is 5.26. The normalized spacial score (nSPS) is 11.0. The molecule has 2 N–H and O–H groups in total. The lowest BCUT2D eigenvalue weighted by Crippen LogP contribution is -2.04. The summed E-state index contributed by atoms with van der Waals surface area (Å²) in [4.78, 5) is 1.41. The Hall–Kier alpha value is -2.11. The van der Waals surface area contributed by atoms with Crippen molar-refractivity contribution in [3.05, 3.63) is 29.1 Å². The van der Waals surface area contributed by atoms with Crippen molar-refractivity contribution in [2.24, 2.45) is 7.05 Å². The summed E-state index contributed by atoms with van der Waals surface area (Å²) in [5.41, 5.74) is 8.83. The van der Waals surface area contributed by atoms with E-state index in [1.54, 1.807) is 7.05 Å². The van der Waals surface area contributed by atoms with Gasteiger partial charge in [-0.3, -0.25) is 0 Å². The lowest BCUT2D eigenvalue weighted by Gasteiger charge is -2.15. The number of anilines is 1. The summed E-state index contributed by atoms with van der Waals surface area (Å²) in [6, 6.07) is 3.93. The van der Waals surface area contributed by atoms with Gasteiger partial charge in [0, 0.05) is 5.69 Å². The molecule has 0 saturated heterocycles. The van der Waals surface area contributed by atoms with Gasteiger partial charge in [-0.2, -0.15) is 4.80 Å². The zero-order valence-electron chi connectivity index (χ0n) is 11.7. The fourth-order valence-corrected chi connectivity index (χ4v) is 1.82. The van der Waals surface area contributed by atoms with Gasteiger partial charge in [0.2, 0.25) is 5.82 Å². The van der Waals surface area contributed by atoms with Gasteiger partial charge in [0.25, 0.3) is 0 Å². The van der Waals surface area contributed by atoms with Crippen molar-refractivity contribution in [1.82, 2.24) is 20.2 Å². The van der Waals surface area contributed by atoms with Crippen LogP contribution >= 0.6 is 0 Å². The molecule has 6 heteroatoms. The van der Waals surface area contributed by atoms with Crippen LogP contribution in [-0.4, -0.2) is 20.2 Å². The highest BCUT2D eigenvalue weighted by Gasteiger charge is 2.12. The van der Waals surface area contributed by atoms with Gasteiger partial charge in [-0.25, -0.2) is 0 Å². The molecule has 0 fully saturated rings. The summed E-state index contributed by atoms with van der Waals surface area (Å²) in [5.74, 6) is 1.73. The Balaban J connectivity index is 2.21. The molecule has 2 rings (SSSR count). The number of rotatable bonds is 4. The molecule has 0 spiro atoms. The molecule has 0 amide bonds. The Morgan fingerprint density at radius 3 is 2.68 bits per heavy atom. The number of benzene rings is 1. The zero-order chi connectivity index (χ0) is 14.0. The molecule has 2 aromatic rings. The van der Waals surface area contributed by atoms with Crippen LogP contribution in [0.15, 0.2) is 12.1 Å². The van der Waals surface area contributed by atoms with Crippen LogP contribution < -0.4 is 10.5 Å². The van der Waals surface area contributed by atoms with Crippen LogP contribution in [0, 0.1) is 6.92 Å². The van der Waals surface area contributed by atoms with Gasteiger partial charge in [-0.05, 0) is 41.3 Å². The molecule has 102 valence electrons. The molecule has 0 bridgehead atoms. The van der Waals surface area contributed by atoms with E-state index in [1.807, 2.05) is 19.1 Å². The predicted molar refractivity (Wildman–Crippen MR) is 72.8 cm³/mol. The minimum Gasteiger partial charge on any atom is -0.485 e. The summed E-state index contributed by atoms with van der Waals surface area (Å²) in [6.07, 6.45) is 0. The van der Waals surface area contributed by atoms with E-state index < -0.39 is 0 Å². The van der Waals surface area contributed by atoms with Crippen molar-refractivity contribution in [2.75, 3.05) is 5.73 Å². The Kier molecular flexibility index (Phi) is 3.69. The number of nitrogen functional groups attached to an aromatic ring is 1. The monoisotopic (exact) mass is 261 g/mol. The number of nitrogens with two attached hydrogens (primary N) is 1. The maximum atomic E-state index is 5.94. The molecule has 0 aliphatic rings. The Morgan fingerprint density at radius 1 is 1.37 bits per heavy atom. The molecule has 0 atom stereocenters. The van der Waals surface area contributed by atoms with Gasteiger partial charge < -0.3 is 10.5 Å². The fraction of sp³-hybridized carbons (Fsp3) is 0.462. The zero-order valence-corrected chi connectivity index (χ0v) is 11.7. The summed E-state index contributed by atoms with van der Waals surface area (Å²) in [6.45, 7) is 6.48. The molecule has 0 unspecified atom stereocenters. The number of nitrogens with zero attached hydrogens (tertiary/aromatic N) is 4. The minimum absolute atomic E-state index is 0.302. The number of aromatic nitrogens is 4. The topological polar surface area (TPSA) is 78.9 Å². The van der Waals surface area contributed by atoms with E-state index in [-0.39, 0.29) is 0 Å². The quantitative estimate of drug-likeness (QED) is 0.849. The van der Waals surface area contributed by atoms with E-state index in [9.17, 15) is 0 Å². The SMILES string of the molecule is Cc1cc(OCc2nnn(C)n2)c(C(C)C)cc1N. The largest absolute Gasteiger partial charge is 0.485 e. The van der Waals surface area contributed by atoms with Crippen LogP contribution in [0.5, 0.6) is 5.75 Å². The number of aryl methyl sites for hydroxylation is 2. The highest BCUT2D eigenvalue weighted by Crippen LogP contribution is 2.31. The molecule has 1 aromatic heterocycles. The summed E-state index contributed by atoms with van der Waals surface area (Å²) in [5, 5.41) is 11.8. The molecule has 6 nitrogen and oxygen atoms in total. The first-order chi connectivity index (χ1) is 8.97. The minimum atomic E-state index is 0.302. The molecule has 0 aliphatic carbocycles. The van der Waals surface area contributed by atoms with Crippen LogP contribution in [0.2, 0.25) is 0 Å². The van der Waals surface area contributed by atoms with E-state index in [1.165, 1.54) is 4.80 Å². The van der Waals surface area contributed by atoms with Crippen molar-refractivity contribution in [3.63, 3.8) is 0 Å². The highest BCUT2D eigenvalue weighted by atomic mass is 16.5. The van der Waals surface area contributed by atoms with E-state index in [2.05, 4.69) is 29.3 Å². The van der Waals surface area contributed by atoms with Gasteiger partial charge in [0.1, 0.15) is 5.75 Å². The average Bonchev–Trinajstić information content (AvgIpc) is 2.76. The van der Waals surface area contributed by atoms with Crippen molar-refractivity contribution >= 4 is 5.69 Å². The molecule has 19 heavy (non-hydrogen) atoms. The first kappa shape index (κ1) is 13.3. The third kappa shape index (κ3) is 3.01. The molecule has 0 aliphatic heterocycles. The summed E-state index contributed by atoms with van der Waals surface area (Å²) < 4.78 is 5.80. The molecule has 1 aromatic carbocycles. The van der Waals surface area contributed by atoms with E-state index in [0.29, 0.717) is 18.3 Å². The Bertz CT molecular complexity index is 576. The van der Waals surface area contributed by atoms with Gasteiger partial charge in [-0.1, -0.05) is 13.8 Å². The first-order valence-corrected chi connectivity index (χ1v) is 6.23. The molecule has 1 heterocycles. The van der Waals surface area contributed by atoms with E-state index in [4.69, 9.17) is 10.5 Å². The van der Waals surface area contributed by atoms with Crippen LogP contribution in [0.25, 0.3) is 0 Å². The van der Waals surface area contributed by atoms with Crippen LogP contribution in [0.1, 0.15) is 36.7 Å². The first-order valence-electron chi connectivity index (χ1n) is 6.23. The van der Waals surface area contributed by atoms with Crippen LogP contribution in [0.3, 0.4) is 0 Å². The Morgan fingerprint density at radius 2 is 2.11 bits per heavy atom. The smallest absolute Gasteiger partial charge is 0.212 e. The van der Waals surface area contributed by atoms with Crippen molar-refractivity contribution < 1.29 is 4.74 Å². The lowest BCUT2D eigenvalue weighted by atomic mass is 9.99. The maximum absolute atomic E-state index is 5.94. The molecule has 0 saturated carbocycles. The van der Waals surface area contributed by atoms with Gasteiger partial charge >= 0.3 is 0 Å². The van der Waals surface area contributed by atoms with E-state index >= 15 is 0 Å². The average molecular weight is 261 g/mol. The van der Waals surface area contributed by atoms with Crippen molar-refractivity contribution in [1.29, 1.82) is 0 Å². The van der Waals surface area contributed by atoms with Crippen molar-refractivity contribution in [2.45, 2.75) is 33.3 Å². The number of hydrogen-bond acceptors (Lipinski definition) is 5. The van der Waals surface area contributed by atoms with Gasteiger partial charge in [0.15, 0.2) is 6.61 Å². The molecular formula is C13H19N5O. The number of tetrazole rings is 1. The van der Waals surface area contributed by atoms with Crippen molar-refractivity contribution in [3.8, 4) is 5.75 Å². The van der Waals surface area contributed by atoms with Crippen LogP contribution in [0.4, 0.5) is 5.69 Å². The third-order valence-corrected chi connectivity index (χ3v) is 2.93. The second-order valence-corrected chi connectivity index (χ2v) is 4.89. The molecule has 0 radical (unpaired) electrons. The van der Waals surface area contributed by atoms with Gasteiger partial charge in [0.05, 0.1) is 7.05 Å². The van der Waals surface area contributed by atoms with Crippen LogP contribution in [-0.2, 0) is 13.7 Å². The Labute approximate surface area is 112 Å². The third-order valence-electron chi connectivity index (χ3n) is 2.93. The summed E-state index contributed by atoms with van der Waals surface area (Å²) in [7, 11) is 1.73. The summed E-state index contributed by atoms with van der Waals surface area (Å²) >= 11 is 0. The fourth-order valence-electron chi connectivity index (χ4n) is 1.82. The maximum Gasteiger partial charge on any atom is 0.212 e. The predicted octanol–water partition coefficient (Wildman–Crippen LogP) is 1.80. The number of hydrogen-bond donors (Lipinski definition) is 1. The number of ether oxygens (including phenoxy) is 1. The molecular weight excluding hydrogens is 242 g/mol. The lowest BCUT2D eigenvalue weighted by molar-refractivity contribution is 0.291. The second-order valence-electron chi connectivity index (χ2n) is 4.89. The standard InChI is InChI=1S/C13H19N5O/c1-8(2)10-6-11(14)9(3)5-12(10)19-7-13-15-17-18(4)16-13/h5-6,8H,7,14H2,1-4H3.